The average molecular weight is 729 g/mol. The van der Waals surface area contributed by atoms with Crippen molar-refractivity contribution in [2.24, 2.45) is 10.8 Å². The van der Waals surface area contributed by atoms with E-state index in [0.717, 1.165) is 12.8 Å². The SMILES string of the molecule is CCC1(CC)c2cc3c(cc2-c2cccc[n+]2C12c1cc4c(cc1-c1cc(C)c(-c5ccccc5)c[n+]12)C(C)(C)C(C)(C)C4(C)C)C(C)(C)C(C)(C)C3(C)C. The molecule has 0 N–H and O–H groups in total. The average Bonchev–Trinajstić information content (AvgIpc) is 3.52. The Labute approximate surface area is 332 Å². The Morgan fingerprint density at radius 1 is 0.455 bits per heavy atom. The molecule has 2 heteroatoms. The molecule has 0 saturated carbocycles. The lowest BCUT2D eigenvalue weighted by Crippen LogP contribution is -2.82. The van der Waals surface area contributed by atoms with Crippen LogP contribution in [-0.4, -0.2) is 0 Å². The maximum Gasteiger partial charge on any atom is 0.399 e. The van der Waals surface area contributed by atoms with Gasteiger partial charge in [0.15, 0.2) is 12.4 Å². The van der Waals surface area contributed by atoms with Gasteiger partial charge in [-0.2, -0.15) is 0 Å². The van der Waals surface area contributed by atoms with E-state index in [1.54, 1.807) is 0 Å². The van der Waals surface area contributed by atoms with E-state index < -0.39 is 5.66 Å². The van der Waals surface area contributed by atoms with E-state index in [0.29, 0.717) is 0 Å². The number of pyridine rings is 2. The Morgan fingerprint density at radius 3 is 1.45 bits per heavy atom. The smallest absolute Gasteiger partial charge is 0.129 e. The molecule has 1 unspecified atom stereocenters. The summed E-state index contributed by atoms with van der Waals surface area (Å²) < 4.78 is 5.50. The van der Waals surface area contributed by atoms with Crippen molar-refractivity contribution in [2.45, 2.75) is 149 Å². The van der Waals surface area contributed by atoms with Crippen LogP contribution in [0.15, 0.2) is 91.3 Å². The summed E-state index contributed by atoms with van der Waals surface area (Å²) in [5.41, 5.74) is 17.7. The van der Waals surface area contributed by atoms with E-state index in [9.17, 15) is 0 Å². The van der Waals surface area contributed by atoms with Gasteiger partial charge < -0.3 is 0 Å². The van der Waals surface area contributed by atoms with Crippen molar-refractivity contribution in [1.29, 1.82) is 0 Å². The van der Waals surface area contributed by atoms with Gasteiger partial charge in [-0.3, -0.25) is 0 Å². The molecule has 4 aliphatic rings. The van der Waals surface area contributed by atoms with Gasteiger partial charge in [0, 0.05) is 23.8 Å². The molecule has 4 heterocycles. The first-order valence-electron chi connectivity index (χ1n) is 21.2. The molecule has 0 radical (unpaired) electrons. The first kappa shape index (κ1) is 36.6. The summed E-state index contributed by atoms with van der Waals surface area (Å²) in [5.74, 6) is 0. The molecule has 2 nitrogen and oxygen atoms in total. The Morgan fingerprint density at radius 2 is 0.927 bits per heavy atom. The fourth-order valence-electron chi connectivity index (χ4n) is 12.7. The first-order valence-corrected chi connectivity index (χ1v) is 21.2. The fourth-order valence-corrected chi connectivity index (χ4v) is 12.7. The number of hydrogen-bond donors (Lipinski definition) is 0. The standard InChI is InChI=1S/C53H64N2/c1-16-52(17-2)38-30-42-40(46(4,5)50(12,13)48(42,8)9)28-35(38)44-25-21-22-26-54(44)53(52)39-31-43-41(47(6,7)51(14,15)49(43,10)11)29-36(39)45-27-33(3)37(32-55(45)53)34-23-19-18-20-24-34/h18-32H,16-17H2,1-15H3/q+2. The van der Waals surface area contributed by atoms with E-state index in [2.05, 4.69) is 204 Å². The Bertz CT molecular complexity index is 2460. The topological polar surface area (TPSA) is 7.76 Å². The second-order valence-electron chi connectivity index (χ2n) is 21.0. The maximum absolute atomic E-state index is 2.76. The van der Waals surface area contributed by atoms with Crippen LogP contribution in [0, 0.1) is 17.8 Å². The van der Waals surface area contributed by atoms with Crippen LogP contribution in [0.1, 0.15) is 149 Å². The van der Waals surface area contributed by atoms with E-state index in [-0.39, 0.29) is 37.9 Å². The number of rotatable bonds is 3. The maximum atomic E-state index is 2.76. The Kier molecular flexibility index (Phi) is 7.10. The van der Waals surface area contributed by atoms with Gasteiger partial charge in [-0.15, -0.1) is 9.13 Å². The van der Waals surface area contributed by atoms with Crippen LogP contribution in [0.25, 0.3) is 33.6 Å². The van der Waals surface area contributed by atoms with Crippen LogP contribution in [0.3, 0.4) is 0 Å². The highest BCUT2D eigenvalue weighted by atomic mass is 15.3. The number of hydrogen-bond acceptors (Lipinski definition) is 0. The molecule has 1 atom stereocenters. The molecule has 0 fully saturated rings. The highest BCUT2D eigenvalue weighted by Crippen LogP contribution is 2.67. The monoisotopic (exact) mass is 729 g/mol. The van der Waals surface area contributed by atoms with Gasteiger partial charge in [0.1, 0.15) is 11.0 Å². The van der Waals surface area contributed by atoms with Gasteiger partial charge >= 0.3 is 5.66 Å². The summed E-state index contributed by atoms with van der Waals surface area (Å²) in [6.07, 6.45) is 6.97. The van der Waals surface area contributed by atoms with Gasteiger partial charge in [-0.25, -0.2) is 0 Å². The summed E-state index contributed by atoms with van der Waals surface area (Å²) in [7, 11) is 0. The molecule has 284 valence electrons. The Hall–Kier alpha value is -4.04. The van der Waals surface area contributed by atoms with E-state index in [4.69, 9.17) is 0 Å². The van der Waals surface area contributed by atoms with E-state index >= 15 is 0 Å². The summed E-state index contributed by atoms with van der Waals surface area (Å²) in [6, 6.07) is 31.3. The van der Waals surface area contributed by atoms with Crippen molar-refractivity contribution in [3.05, 3.63) is 130 Å². The quantitative estimate of drug-likeness (QED) is 0.163. The summed E-state index contributed by atoms with van der Waals surface area (Å²) in [6.45, 7) is 37.3. The third-order valence-corrected chi connectivity index (χ3v) is 18.5. The molecule has 2 aromatic heterocycles. The minimum Gasteiger partial charge on any atom is -0.129 e. The zero-order chi connectivity index (χ0) is 39.7. The van der Waals surface area contributed by atoms with E-state index in [1.165, 1.54) is 72.6 Å². The van der Waals surface area contributed by atoms with Crippen LogP contribution in [0.2, 0.25) is 0 Å². The van der Waals surface area contributed by atoms with Crippen LogP contribution >= 0.6 is 0 Å². The number of aromatic nitrogens is 2. The molecule has 0 bridgehead atoms. The first-order chi connectivity index (χ1) is 25.6. The van der Waals surface area contributed by atoms with Crippen LogP contribution < -0.4 is 9.13 Å². The van der Waals surface area contributed by atoms with Crippen molar-refractivity contribution in [1.82, 2.24) is 0 Å². The molecule has 55 heavy (non-hydrogen) atoms. The second kappa shape index (κ2) is 10.7. The molecule has 5 aromatic rings. The second-order valence-corrected chi connectivity index (χ2v) is 21.0. The molecular weight excluding hydrogens is 665 g/mol. The van der Waals surface area contributed by atoms with Crippen molar-refractivity contribution in [3.63, 3.8) is 0 Å². The molecule has 1 spiro atoms. The van der Waals surface area contributed by atoms with Gasteiger partial charge in [-0.05, 0) is 115 Å². The van der Waals surface area contributed by atoms with Gasteiger partial charge in [-0.1, -0.05) is 133 Å². The van der Waals surface area contributed by atoms with Crippen molar-refractivity contribution < 1.29 is 9.13 Å². The number of aryl methyl sites for hydroxylation is 1. The third kappa shape index (κ3) is 3.80. The lowest BCUT2D eigenvalue weighted by atomic mass is 9.58. The molecule has 0 amide bonds. The molecule has 2 aliphatic carbocycles. The van der Waals surface area contributed by atoms with Gasteiger partial charge in [0.25, 0.3) is 0 Å². The highest BCUT2D eigenvalue weighted by Gasteiger charge is 2.76. The molecule has 0 saturated heterocycles. The molecule has 2 aliphatic heterocycles. The number of nitrogens with zero attached hydrogens (tertiary/aromatic N) is 2. The van der Waals surface area contributed by atoms with Crippen molar-refractivity contribution in [2.75, 3.05) is 0 Å². The largest absolute Gasteiger partial charge is 0.399 e. The van der Waals surface area contributed by atoms with Crippen molar-refractivity contribution in [3.8, 4) is 33.6 Å². The fraction of sp³-hybridized carbons (Fsp3) is 0.472. The summed E-state index contributed by atoms with van der Waals surface area (Å²) in [5, 5.41) is 0. The highest BCUT2D eigenvalue weighted by molar-refractivity contribution is 5.77. The van der Waals surface area contributed by atoms with Crippen LogP contribution in [0.5, 0.6) is 0 Å². The van der Waals surface area contributed by atoms with Gasteiger partial charge in [0.05, 0.1) is 11.1 Å². The third-order valence-electron chi connectivity index (χ3n) is 18.5. The zero-order valence-corrected chi connectivity index (χ0v) is 36.5. The molecule has 9 rings (SSSR count). The lowest BCUT2D eigenvalue weighted by Gasteiger charge is -2.45. The summed E-state index contributed by atoms with van der Waals surface area (Å²) in [4.78, 5) is 0. The normalized spacial score (nSPS) is 24.1. The van der Waals surface area contributed by atoms with Crippen LogP contribution in [-0.2, 0) is 32.7 Å². The Balaban J connectivity index is 1.49. The summed E-state index contributed by atoms with van der Waals surface area (Å²) >= 11 is 0. The lowest BCUT2D eigenvalue weighted by molar-refractivity contribution is -0.982. The van der Waals surface area contributed by atoms with Gasteiger partial charge in [0.2, 0.25) is 11.4 Å². The molecular formula is C53H64N2+2. The molecule has 3 aromatic carbocycles. The zero-order valence-electron chi connectivity index (χ0n) is 36.5. The number of fused-ring (bicyclic) bond motifs is 11. The predicted molar refractivity (Wildman–Crippen MR) is 229 cm³/mol. The minimum absolute atomic E-state index is 0.00301. The van der Waals surface area contributed by atoms with E-state index in [1.807, 2.05) is 0 Å². The van der Waals surface area contributed by atoms with Crippen LogP contribution in [0.4, 0.5) is 0 Å². The van der Waals surface area contributed by atoms with Crippen molar-refractivity contribution >= 4 is 0 Å². The predicted octanol–water partition coefficient (Wildman–Crippen LogP) is 12.4. The number of benzene rings is 3. The minimum atomic E-state index is -0.550.